The van der Waals surface area contributed by atoms with Gasteiger partial charge < -0.3 is 10.4 Å². The molecule has 0 fully saturated rings. The van der Waals surface area contributed by atoms with Crippen molar-refractivity contribution in [2.24, 2.45) is 0 Å². The first-order chi connectivity index (χ1) is 8.33. The Morgan fingerprint density at radius 1 is 1.33 bits per heavy atom. The van der Waals surface area contributed by atoms with Gasteiger partial charge in [-0.1, -0.05) is 29.8 Å². The summed E-state index contributed by atoms with van der Waals surface area (Å²) in [6.07, 6.45) is 2.79. The van der Waals surface area contributed by atoms with E-state index in [1.165, 1.54) is 26.0 Å². The van der Waals surface area contributed by atoms with Crippen LogP contribution < -0.4 is 5.32 Å². The van der Waals surface area contributed by atoms with E-state index in [-0.39, 0.29) is 0 Å². The van der Waals surface area contributed by atoms with E-state index in [2.05, 4.69) is 5.32 Å². The Morgan fingerprint density at radius 3 is 2.50 bits per heavy atom. The van der Waals surface area contributed by atoms with Gasteiger partial charge in [0.1, 0.15) is 5.54 Å². The Bertz CT molecular complexity index is 495. The van der Waals surface area contributed by atoms with Crippen LogP contribution in [0.25, 0.3) is 6.08 Å². The first kappa shape index (κ1) is 14.3. The summed E-state index contributed by atoms with van der Waals surface area (Å²) in [7, 11) is 0. The standard InChI is InChI=1S/C13H14ClNO3/c1-13(2,12(17)18)15-11(16)8-7-9-5-3-4-6-10(9)14/h3-8H,1-2H3,(H,15,16)(H,17,18). The fourth-order valence-electron chi connectivity index (χ4n) is 1.18. The number of nitrogens with one attached hydrogen (secondary N) is 1. The van der Waals surface area contributed by atoms with Gasteiger partial charge in [-0.2, -0.15) is 0 Å². The van der Waals surface area contributed by atoms with Gasteiger partial charge in [0.25, 0.3) is 0 Å². The normalized spacial score (nSPS) is 11.5. The van der Waals surface area contributed by atoms with E-state index in [9.17, 15) is 9.59 Å². The van der Waals surface area contributed by atoms with Crippen LogP contribution in [-0.4, -0.2) is 22.5 Å². The third-order valence-corrected chi connectivity index (χ3v) is 2.63. The molecule has 0 spiro atoms. The van der Waals surface area contributed by atoms with Crippen molar-refractivity contribution < 1.29 is 14.7 Å². The van der Waals surface area contributed by atoms with Gasteiger partial charge in [0.05, 0.1) is 0 Å². The van der Waals surface area contributed by atoms with Crippen molar-refractivity contribution in [1.82, 2.24) is 5.32 Å². The Hall–Kier alpha value is -1.81. The molecule has 0 aliphatic rings. The van der Waals surface area contributed by atoms with Gasteiger partial charge in [0, 0.05) is 11.1 Å². The Kier molecular flexibility index (Phi) is 4.50. The average molecular weight is 268 g/mol. The molecule has 1 aromatic carbocycles. The van der Waals surface area contributed by atoms with E-state index in [0.717, 1.165) is 0 Å². The third-order valence-electron chi connectivity index (χ3n) is 2.29. The van der Waals surface area contributed by atoms with E-state index < -0.39 is 17.4 Å². The van der Waals surface area contributed by atoms with Gasteiger partial charge in [-0.05, 0) is 31.6 Å². The van der Waals surface area contributed by atoms with Gasteiger partial charge in [-0.25, -0.2) is 4.79 Å². The molecule has 5 heteroatoms. The van der Waals surface area contributed by atoms with E-state index in [0.29, 0.717) is 10.6 Å². The number of hydrogen-bond donors (Lipinski definition) is 2. The molecule has 0 heterocycles. The molecule has 0 radical (unpaired) electrons. The number of halogens is 1. The van der Waals surface area contributed by atoms with Crippen LogP contribution in [0.15, 0.2) is 30.3 Å². The zero-order chi connectivity index (χ0) is 13.8. The Balaban J connectivity index is 2.72. The molecule has 1 rings (SSSR count). The maximum absolute atomic E-state index is 11.5. The smallest absolute Gasteiger partial charge is 0.328 e. The molecule has 0 saturated heterocycles. The lowest BCUT2D eigenvalue weighted by Crippen LogP contribution is -2.49. The number of carboxylic acids is 1. The molecule has 0 atom stereocenters. The first-order valence-electron chi connectivity index (χ1n) is 5.31. The predicted octanol–water partition coefficient (Wildman–Crippen LogP) is 2.33. The summed E-state index contributed by atoms with van der Waals surface area (Å²) in [4.78, 5) is 22.4. The van der Waals surface area contributed by atoms with Crippen LogP contribution in [-0.2, 0) is 9.59 Å². The lowest BCUT2D eigenvalue weighted by Gasteiger charge is -2.19. The summed E-state index contributed by atoms with van der Waals surface area (Å²) in [5, 5.41) is 11.8. The molecule has 0 aliphatic heterocycles. The second-order valence-electron chi connectivity index (χ2n) is 4.27. The van der Waals surface area contributed by atoms with Crippen LogP contribution in [0, 0.1) is 0 Å². The Labute approximate surface area is 110 Å². The second-order valence-corrected chi connectivity index (χ2v) is 4.68. The fraction of sp³-hybridized carbons (Fsp3) is 0.231. The number of hydrogen-bond acceptors (Lipinski definition) is 2. The molecule has 1 aromatic rings. The summed E-state index contributed by atoms with van der Waals surface area (Å²) >= 11 is 5.91. The molecule has 0 bridgehead atoms. The minimum Gasteiger partial charge on any atom is -0.480 e. The molecule has 18 heavy (non-hydrogen) atoms. The van der Waals surface area contributed by atoms with Crippen molar-refractivity contribution >= 4 is 29.6 Å². The van der Waals surface area contributed by atoms with Crippen molar-refractivity contribution in [3.05, 3.63) is 40.9 Å². The highest BCUT2D eigenvalue weighted by atomic mass is 35.5. The zero-order valence-corrected chi connectivity index (χ0v) is 10.9. The minimum absolute atomic E-state index is 0.484. The van der Waals surface area contributed by atoms with E-state index >= 15 is 0 Å². The maximum Gasteiger partial charge on any atom is 0.328 e. The van der Waals surface area contributed by atoms with Gasteiger partial charge in [0.15, 0.2) is 0 Å². The van der Waals surface area contributed by atoms with E-state index in [1.54, 1.807) is 24.3 Å². The molecule has 1 amide bonds. The zero-order valence-electron chi connectivity index (χ0n) is 10.1. The van der Waals surface area contributed by atoms with Crippen LogP contribution in [0.1, 0.15) is 19.4 Å². The summed E-state index contributed by atoms with van der Waals surface area (Å²) < 4.78 is 0. The SMILES string of the molecule is CC(C)(NC(=O)C=Cc1ccccc1Cl)C(=O)O. The maximum atomic E-state index is 11.5. The fourth-order valence-corrected chi connectivity index (χ4v) is 1.38. The summed E-state index contributed by atoms with van der Waals surface area (Å²) in [5.41, 5.74) is -0.607. The molecule has 0 aromatic heterocycles. The van der Waals surface area contributed by atoms with E-state index in [4.69, 9.17) is 16.7 Å². The highest BCUT2D eigenvalue weighted by Gasteiger charge is 2.27. The molecular weight excluding hydrogens is 254 g/mol. The number of carbonyl (C=O) groups is 2. The van der Waals surface area contributed by atoms with Gasteiger partial charge in [-0.15, -0.1) is 0 Å². The number of benzene rings is 1. The topological polar surface area (TPSA) is 66.4 Å². The Morgan fingerprint density at radius 2 is 1.94 bits per heavy atom. The quantitative estimate of drug-likeness (QED) is 0.823. The molecular formula is C13H14ClNO3. The monoisotopic (exact) mass is 267 g/mol. The van der Waals surface area contributed by atoms with E-state index in [1.807, 2.05) is 0 Å². The van der Waals surface area contributed by atoms with Crippen LogP contribution in [0.2, 0.25) is 5.02 Å². The van der Waals surface area contributed by atoms with Gasteiger partial charge >= 0.3 is 5.97 Å². The van der Waals surface area contributed by atoms with Crippen LogP contribution in [0.5, 0.6) is 0 Å². The molecule has 96 valence electrons. The predicted molar refractivity (Wildman–Crippen MR) is 70.3 cm³/mol. The van der Waals surface area contributed by atoms with Crippen molar-refractivity contribution in [2.75, 3.05) is 0 Å². The highest BCUT2D eigenvalue weighted by Crippen LogP contribution is 2.16. The van der Waals surface area contributed by atoms with Gasteiger partial charge in [0.2, 0.25) is 5.91 Å². The van der Waals surface area contributed by atoms with Crippen molar-refractivity contribution in [1.29, 1.82) is 0 Å². The van der Waals surface area contributed by atoms with Crippen LogP contribution in [0.4, 0.5) is 0 Å². The molecule has 0 aliphatic carbocycles. The summed E-state index contributed by atoms with van der Waals surface area (Å²) in [5.74, 6) is -1.58. The van der Waals surface area contributed by atoms with Gasteiger partial charge in [-0.3, -0.25) is 4.79 Å². The third kappa shape index (κ3) is 3.89. The number of carbonyl (C=O) groups excluding carboxylic acids is 1. The molecule has 4 nitrogen and oxygen atoms in total. The van der Waals surface area contributed by atoms with Crippen molar-refractivity contribution in [3.8, 4) is 0 Å². The van der Waals surface area contributed by atoms with Crippen molar-refractivity contribution in [2.45, 2.75) is 19.4 Å². The lowest BCUT2D eigenvalue weighted by atomic mass is 10.1. The second kappa shape index (κ2) is 5.69. The van der Waals surface area contributed by atoms with Crippen molar-refractivity contribution in [3.63, 3.8) is 0 Å². The number of rotatable bonds is 4. The number of aliphatic carboxylic acids is 1. The summed E-state index contributed by atoms with van der Waals surface area (Å²) in [6, 6.07) is 7.05. The molecule has 0 saturated carbocycles. The van der Waals surface area contributed by atoms with Crippen LogP contribution in [0.3, 0.4) is 0 Å². The number of carboxylic acid groups (broad SMARTS) is 1. The first-order valence-corrected chi connectivity index (χ1v) is 5.69. The lowest BCUT2D eigenvalue weighted by molar-refractivity contribution is -0.145. The highest BCUT2D eigenvalue weighted by molar-refractivity contribution is 6.32. The average Bonchev–Trinajstić information content (AvgIpc) is 2.27. The minimum atomic E-state index is -1.30. The largest absolute Gasteiger partial charge is 0.480 e. The molecule has 2 N–H and O–H groups in total. The van der Waals surface area contributed by atoms with Crippen LogP contribution >= 0.6 is 11.6 Å². The summed E-state index contributed by atoms with van der Waals surface area (Å²) in [6.45, 7) is 2.83. The number of amides is 1. The molecule has 0 unspecified atom stereocenters.